The first-order valence-electron chi connectivity index (χ1n) is 3.61. The lowest BCUT2D eigenvalue weighted by atomic mass is 10.2. The summed E-state index contributed by atoms with van der Waals surface area (Å²) in [5, 5.41) is 1.61. The molecule has 60 valence electrons. The number of rotatable bonds is 2. The number of benzene rings is 1. The van der Waals surface area contributed by atoms with Crippen molar-refractivity contribution in [2.75, 3.05) is 0 Å². The normalized spacial score (nSPS) is 10.5. The average molecular weight is 388 g/mol. The highest BCUT2D eigenvalue weighted by Crippen LogP contribution is 2.08. The van der Waals surface area contributed by atoms with Crippen LogP contribution in [-0.4, -0.2) is 3.79 Å². The number of aryl methyl sites for hydroxylation is 1. The second kappa shape index (κ2) is 4.81. The molecule has 0 heterocycles. The minimum Gasteiger partial charge on any atom is -0.103 e. The lowest BCUT2D eigenvalue weighted by Gasteiger charge is -2.06. The summed E-state index contributed by atoms with van der Waals surface area (Å²) in [5.41, 5.74) is 1.54. The topological polar surface area (TPSA) is 0 Å². The minimum atomic E-state index is -0.646. The Bertz CT molecular complexity index is 235. The molecule has 11 heavy (non-hydrogen) atoms. The lowest BCUT2D eigenvalue weighted by Crippen LogP contribution is -2.20. The van der Waals surface area contributed by atoms with Crippen molar-refractivity contribution < 1.29 is 0 Å². The van der Waals surface area contributed by atoms with Crippen LogP contribution in [0.5, 0.6) is 0 Å². The van der Waals surface area contributed by atoms with Gasteiger partial charge in [-0.25, -0.2) is 0 Å². The van der Waals surface area contributed by atoms with Crippen LogP contribution in [0.25, 0.3) is 0 Å². The molecule has 0 aliphatic rings. The molecular weight excluding hydrogens is 378 g/mol. The maximum atomic E-state index is 2.58. The summed E-state index contributed by atoms with van der Waals surface area (Å²) in [6.07, 6.45) is 1.17. The predicted molar refractivity (Wildman–Crippen MR) is 70.6 cm³/mol. The van der Waals surface area contributed by atoms with Gasteiger partial charge in [0.2, 0.25) is 3.79 Å². The Kier molecular flexibility index (Phi) is 4.36. The Morgan fingerprint density at radius 2 is 1.91 bits per heavy atom. The standard InChI is InChI=1S/C8H10I2Si/c1-2-7-5-3-4-6-8(7)11(9)10/h3-6,11H,2H2,1H3. The van der Waals surface area contributed by atoms with Crippen LogP contribution >= 0.6 is 43.6 Å². The molecule has 0 unspecified atom stereocenters. The zero-order valence-corrected chi connectivity index (χ0v) is 11.8. The van der Waals surface area contributed by atoms with E-state index in [4.69, 9.17) is 0 Å². The smallest absolute Gasteiger partial charge is 0.103 e. The largest absolute Gasteiger partial charge is 0.207 e. The molecular formula is C8H10I2Si. The van der Waals surface area contributed by atoms with Crippen molar-refractivity contribution in [2.24, 2.45) is 0 Å². The first-order chi connectivity index (χ1) is 5.25. The Labute approximate surface area is 94.8 Å². The fourth-order valence-electron chi connectivity index (χ4n) is 1.07. The zero-order chi connectivity index (χ0) is 8.27. The monoisotopic (exact) mass is 388 g/mol. The van der Waals surface area contributed by atoms with Crippen LogP contribution in [0.1, 0.15) is 12.5 Å². The van der Waals surface area contributed by atoms with E-state index >= 15 is 0 Å². The third kappa shape index (κ3) is 2.69. The molecule has 0 aliphatic heterocycles. The highest BCUT2D eigenvalue weighted by atomic mass is 127. The third-order valence-electron chi connectivity index (χ3n) is 1.67. The molecule has 0 saturated carbocycles. The lowest BCUT2D eigenvalue weighted by molar-refractivity contribution is 1.15. The van der Waals surface area contributed by atoms with Gasteiger partial charge in [-0.05, 0) is 17.2 Å². The first-order valence-corrected chi connectivity index (χ1v) is 12.5. The minimum absolute atomic E-state index is 0.646. The molecule has 0 amide bonds. The van der Waals surface area contributed by atoms with Crippen molar-refractivity contribution in [3.05, 3.63) is 29.8 Å². The highest BCUT2D eigenvalue weighted by Gasteiger charge is 2.07. The molecule has 0 fully saturated rings. The van der Waals surface area contributed by atoms with Crippen molar-refractivity contribution >= 4 is 52.6 Å². The molecule has 1 aromatic rings. The molecule has 0 radical (unpaired) electrons. The van der Waals surface area contributed by atoms with Gasteiger partial charge in [-0.2, -0.15) is 0 Å². The van der Waals surface area contributed by atoms with Crippen molar-refractivity contribution in [3.63, 3.8) is 0 Å². The van der Waals surface area contributed by atoms with Crippen LogP contribution < -0.4 is 5.19 Å². The van der Waals surface area contributed by atoms with E-state index in [9.17, 15) is 0 Å². The van der Waals surface area contributed by atoms with E-state index in [1.165, 1.54) is 12.0 Å². The molecule has 3 heteroatoms. The van der Waals surface area contributed by atoms with E-state index < -0.39 is 3.79 Å². The van der Waals surface area contributed by atoms with Gasteiger partial charge < -0.3 is 0 Å². The molecule has 0 nitrogen and oxygen atoms in total. The second-order valence-corrected chi connectivity index (χ2v) is 18.2. The van der Waals surface area contributed by atoms with Crippen LogP contribution in [0.15, 0.2) is 24.3 Å². The fraction of sp³-hybridized carbons (Fsp3) is 0.250. The van der Waals surface area contributed by atoms with Gasteiger partial charge in [-0.1, -0.05) is 31.2 Å². The number of halogens is 2. The molecule has 0 atom stereocenters. The SMILES string of the molecule is CCc1ccccc1[SiH](I)I. The quantitative estimate of drug-likeness (QED) is 0.415. The van der Waals surface area contributed by atoms with Crippen LogP contribution in [0.2, 0.25) is 0 Å². The van der Waals surface area contributed by atoms with Gasteiger partial charge in [0.25, 0.3) is 0 Å². The summed E-state index contributed by atoms with van der Waals surface area (Å²) in [6, 6.07) is 8.79. The van der Waals surface area contributed by atoms with Crippen molar-refractivity contribution in [1.82, 2.24) is 0 Å². The summed E-state index contributed by atoms with van der Waals surface area (Å²) < 4.78 is -0.646. The van der Waals surface area contributed by atoms with Gasteiger partial charge in [0.1, 0.15) is 0 Å². The summed E-state index contributed by atoms with van der Waals surface area (Å²) in [5.74, 6) is 0. The van der Waals surface area contributed by atoms with Gasteiger partial charge in [0.05, 0.1) is 0 Å². The molecule has 0 bridgehead atoms. The molecule has 1 aromatic carbocycles. The Hall–Kier alpha value is 0.897. The molecule has 0 aromatic heterocycles. The van der Waals surface area contributed by atoms with E-state index in [1.54, 1.807) is 5.19 Å². The average Bonchev–Trinajstić information content (AvgIpc) is 2.04. The van der Waals surface area contributed by atoms with Gasteiger partial charge in [-0.3, -0.25) is 0 Å². The van der Waals surface area contributed by atoms with E-state index in [0.29, 0.717) is 0 Å². The van der Waals surface area contributed by atoms with Gasteiger partial charge in [0, 0.05) is 0 Å². The van der Waals surface area contributed by atoms with Crippen LogP contribution in [0.3, 0.4) is 0 Å². The first kappa shape index (κ1) is 9.98. The maximum Gasteiger partial charge on any atom is 0.207 e. The summed E-state index contributed by atoms with van der Waals surface area (Å²) in [7, 11) is 0. The second-order valence-electron chi connectivity index (χ2n) is 2.35. The van der Waals surface area contributed by atoms with Gasteiger partial charge in [-0.15, -0.1) is 43.6 Å². The number of hydrogen-bond donors (Lipinski definition) is 0. The summed E-state index contributed by atoms with van der Waals surface area (Å²) in [6.45, 7) is 2.23. The van der Waals surface area contributed by atoms with E-state index in [-0.39, 0.29) is 0 Å². The molecule has 0 aliphatic carbocycles. The Balaban J connectivity index is 3.02. The molecule has 0 saturated heterocycles. The Morgan fingerprint density at radius 1 is 1.27 bits per heavy atom. The fourth-order valence-corrected chi connectivity index (χ4v) is 5.55. The maximum absolute atomic E-state index is 2.58. The number of hydrogen-bond acceptors (Lipinski definition) is 0. The molecule has 0 spiro atoms. The van der Waals surface area contributed by atoms with Crippen molar-refractivity contribution in [2.45, 2.75) is 13.3 Å². The zero-order valence-electron chi connectivity index (χ0n) is 6.35. The summed E-state index contributed by atoms with van der Waals surface area (Å²) >= 11 is 5.17. The van der Waals surface area contributed by atoms with E-state index in [0.717, 1.165) is 0 Å². The van der Waals surface area contributed by atoms with E-state index in [2.05, 4.69) is 74.8 Å². The van der Waals surface area contributed by atoms with Crippen LogP contribution in [0.4, 0.5) is 0 Å². The predicted octanol–water partition coefficient (Wildman–Crippen LogP) is 2.55. The third-order valence-corrected chi connectivity index (χ3v) is 6.73. The van der Waals surface area contributed by atoms with Gasteiger partial charge >= 0.3 is 0 Å². The Morgan fingerprint density at radius 3 is 2.36 bits per heavy atom. The summed E-state index contributed by atoms with van der Waals surface area (Å²) in [4.78, 5) is 0. The van der Waals surface area contributed by atoms with Gasteiger partial charge in [0.15, 0.2) is 0 Å². The molecule has 0 N–H and O–H groups in total. The van der Waals surface area contributed by atoms with Crippen molar-refractivity contribution in [3.8, 4) is 0 Å². The van der Waals surface area contributed by atoms with Crippen LogP contribution in [0, 0.1) is 0 Å². The van der Waals surface area contributed by atoms with Crippen molar-refractivity contribution in [1.29, 1.82) is 0 Å². The molecule has 1 rings (SSSR count). The van der Waals surface area contributed by atoms with E-state index in [1.807, 2.05) is 0 Å². The highest BCUT2D eigenvalue weighted by molar-refractivity contribution is 14.3. The van der Waals surface area contributed by atoms with Crippen LogP contribution in [-0.2, 0) is 6.42 Å².